The molecule has 0 nitrogen and oxygen atoms in total. The van der Waals surface area contributed by atoms with Crippen LogP contribution in [0.15, 0.2) is 109 Å². The Morgan fingerprint density at radius 3 is 0.750 bits per heavy atom. The lowest BCUT2D eigenvalue weighted by Gasteiger charge is -2.19. The molecule has 7 aliphatic heterocycles. The summed E-state index contributed by atoms with van der Waals surface area (Å²) in [5.74, 6) is 9.22. The van der Waals surface area contributed by atoms with E-state index in [4.69, 9.17) is 0 Å². The molecule has 0 radical (unpaired) electrons. The van der Waals surface area contributed by atoms with Crippen molar-refractivity contribution in [2.45, 2.75) is 35.9 Å². The van der Waals surface area contributed by atoms with Gasteiger partial charge in [-0.05, 0) is 115 Å². The van der Waals surface area contributed by atoms with E-state index in [1.807, 2.05) is 0 Å². The number of rotatable bonds is 0. The highest BCUT2D eigenvalue weighted by molar-refractivity contribution is 7.99. The Kier molecular flexibility index (Phi) is 10.1. The van der Waals surface area contributed by atoms with Crippen molar-refractivity contribution < 1.29 is 0 Å². The molecule has 0 aromatic heterocycles. The Bertz CT molecular complexity index is 1420. The van der Waals surface area contributed by atoms with Gasteiger partial charge in [0.1, 0.15) is 0 Å². The summed E-state index contributed by atoms with van der Waals surface area (Å²) >= 11 is 8.24. The molecule has 44 heavy (non-hydrogen) atoms. The van der Waals surface area contributed by atoms with Crippen LogP contribution in [-0.2, 0) is 23.0 Å². The first kappa shape index (κ1) is 30.2. The maximum absolute atomic E-state index is 2.47. The van der Waals surface area contributed by atoms with Crippen molar-refractivity contribution in [3.63, 3.8) is 0 Å². The van der Waals surface area contributed by atoms with Gasteiger partial charge in [-0.3, -0.25) is 0 Å². The second-order valence-electron chi connectivity index (χ2n) is 11.6. The lowest BCUT2D eigenvalue weighted by atomic mass is 9.85. The van der Waals surface area contributed by atoms with Gasteiger partial charge < -0.3 is 0 Å². The first-order chi connectivity index (χ1) is 21.8. The van der Waals surface area contributed by atoms with Crippen LogP contribution in [0.3, 0.4) is 0 Å². The minimum atomic E-state index is 1.08. The average Bonchev–Trinajstić information content (AvgIpc) is 3.08. The van der Waals surface area contributed by atoms with Crippen molar-refractivity contribution in [1.29, 1.82) is 0 Å². The van der Waals surface area contributed by atoms with Crippen LogP contribution in [0.25, 0.3) is 44.5 Å². The molecule has 0 unspecified atom stereocenters. The Hall–Kier alpha value is -2.50. The van der Waals surface area contributed by atoms with Gasteiger partial charge >= 0.3 is 0 Å². The average molecular weight is 647 g/mol. The van der Waals surface area contributed by atoms with Crippen molar-refractivity contribution >= 4 is 47.0 Å². The molecule has 0 aliphatic carbocycles. The highest BCUT2D eigenvalue weighted by Gasteiger charge is 2.17. The highest BCUT2D eigenvalue weighted by Crippen LogP contribution is 2.43. The van der Waals surface area contributed by atoms with Crippen LogP contribution in [0.5, 0.6) is 0 Å². The third-order valence-corrected chi connectivity index (χ3v) is 12.9. The fourth-order valence-electron chi connectivity index (χ4n) is 5.96. The van der Waals surface area contributed by atoms with Crippen molar-refractivity contribution in [2.75, 3.05) is 23.0 Å². The van der Waals surface area contributed by atoms with E-state index in [9.17, 15) is 0 Å². The Balaban J connectivity index is 1.41. The number of thioether (sulfide) groups is 4. The summed E-state index contributed by atoms with van der Waals surface area (Å²) in [5, 5.41) is 0. The molecule has 0 N–H and O–H groups in total. The van der Waals surface area contributed by atoms with Gasteiger partial charge in [0, 0.05) is 23.0 Å². The van der Waals surface area contributed by atoms with E-state index in [0.717, 1.165) is 23.0 Å². The standard InChI is InChI=1S/C40H38S4/c1-19-41-25-29-3-11-33(12-4-29)37-23-39-35-15-7-31(8-16-35)27-43-21-2-22-44-28-32-9-17-36(18-10-32)40(39)24-38(37)34-13-5-30(6-14-34)26-42-20-1/h3-18,23-24H,1-2,19-22,25-28H2. The molecule has 222 valence electrons. The molecule has 0 saturated heterocycles. The van der Waals surface area contributed by atoms with E-state index in [1.165, 1.54) is 103 Å². The summed E-state index contributed by atoms with van der Waals surface area (Å²) in [4.78, 5) is 0. The first-order valence-corrected chi connectivity index (χ1v) is 20.3. The number of hydrogen-bond acceptors (Lipinski definition) is 4. The third-order valence-electron chi connectivity index (χ3n) is 8.45. The predicted octanol–water partition coefficient (Wildman–Crippen LogP) is 12.1. The molecule has 5 aromatic rings. The van der Waals surface area contributed by atoms with Crippen LogP contribution in [0.2, 0.25) is 0 Å². The molecular weight excluding hydrogens is 609 g/mol. The molecule has 0 saturated carbocycles. The summed E-state index contributed by atoms with van der Waals surface area (Å²) in [6, 6.07) is 42.4. The lowest BCUT2D eigenvalue weighted by molar-refractivity contribution is 1.12. The van der Waals surface area contributed by atoms with Gasteiger partial charge in [-0.25, -0.2) is 0 Å². The number of hydrogen-bond donors (Lipinski definition) is 0. The Labute approximate surface area is 280 Å². The van der Waals surface area contributed by atoms with E-state index in [-0.39, 0.29) is 0 Å². The zero-order valence-electron chi connectivity index (χ0n) is 25.1. The largest absolute Gasteiger partial charge is 0.157 e. The Morgan fingerprint density at radius 1 is 0.295 bits per heavy atom. The second kappa shape index (κ2) is 14.7. The van der Waals surface area contributed by atoms with E-state index in [0.29, 0.717) is 0 Å². The quantitative estimate of drug-likeness (QED) is 0.164. The van der Waals surface area contributed by atoms with Gasteiger partial charge in [-0.2, -0.15) is 47.0 Å². The van der Waals surface area contributed by atoms with E-state index >= 15 is 0 Å². The Morgan fingerprint density at radius 2 is 0.523 bits per heavy atom. The molecule has 0 atom stereocenters. The van der Waals surface area contributed by atoms with Crippen molar-refractivity contribution in [3.05, 3.63) is 131 Å². The fraction of sp³-hybridized carbons (Fsp3) is 0.250. The van der Waals surface area contributed by atoms with Gasteiger partial charge in [0.2, 0.25) is 0 Å². The maximum atomic E-state index is 2.47. The highest BCUT2D eigenvalue weighted by atomic mass is 32.2. The van der Waals surface area contributed by atoms with Gasteiger partial charge in [0.05, 0.1) is 0 Å². The van der Waals surface area contributed by atoms with Crippen LogP contribution in [0.4, 0.5) is 0 Å². The second-order valence-corrected chi connectivity index (χ2v) is 16.1. The predicted molar refractivity (Wildman–Crippen MR) is 202 cm³/mol. The molecule has 8 bridgehead atoms. The van der Waals surface area contributed by atoms with Crippen LogP contribution >= 0.6 is 47.0 Å². The van der Waals surface area contributed by atoms with Gasteiger partial charge in [-0.15, -0.1) is 0 Å². The molecule has 7 heterocycles. The van der Waals surface area contributed by atoms with Gasteiger partial charge in [0.15, 0.2) is 0 Å². The molecule has 7 aliphatic rings. The van der Waals surface area contributed by atoms with Crippen molar-refractivity contribution in [2.24, 2.45) is 0 Å². The van der Waals surface area contributed by atoms with Crippen molar-refractivity contribution in [1.82, 2.24) is 0 Å². The molecule has 12 rings (SSSR count). The number of benzene rings is 5. The fourth-order valence-corrected chi connectivity index (χ4v) is 10.0. The molecule has 0 fully saturated rings. The minimum Gasteiger partial charge on any atom is -0.157 e. The topological polar surface area (TPSA) is 0 Å². The maximum Gasteiger partial charge on any atom is 0.0184 e. The van der Waals surface area contributed by atoms with Gasteiger partial charge in [-0.1, -0.05) is 97.1 Å². The van der Waals surface area contributed by atoms with E-state index in [2.05, 4.69) is 156 Å². The summed E-state index contributed by atoms with van der Waals surface area (Å²) in [6.45, 7) is 0. The monoisotopic (exact) mass is 646 g/mol. The number of fused-ring (bicyclic) bond motifs is 2. The lowest BCUT2D eigenvalue weighted by Crippen LogP contribution is -1.94. The molecular formula is C40H38S4. The van der Waals surface area contributed by atoms with Crippen LogP contribution in [0, 0.1) is 0 Å². The van der Waals surface area contributed by atoms with Gasteiger partial charge in [0.25, 0.3) is 0 Å². The summed E-state index contributed by atoms with van der Waals surface area (Å²) in [7, 11) is 0. The minimum absolute atomic E-state index is 1.08. The third kappa shape index (κ3) is 7.31. The van der Waals surface area contributed by atoms with Crippen LogP contribution in [0.1, 0.15) is 35.1 Å². The SMILES string of the molecule is c1cc2ccc1CSCCCSCc1ccc(cc1)-c1cc3c(cc1-2)-c1ccc(cc1)CSCCCSCc1ccc-3cc1. The molecule has 0 spiro atoms. The zero-order valence-corrected chi connectivity index (χ0v) is 28.4. The molecule has 4 heteroatoms. The van der Waals surface area contributed by atoms with E-state index in [1.54, 1.807) is 0 Å². The smallest absolute Gasteiger partial charge is 0.0184 e. The van der Waals surface area contributed by atoms with E-state index < -0.39 is 0 Å². The zero-order chi connectivity index (χ0) is 29.6. The van der Waals surface area contributed by atoms with Crippen LogP contribution < -0.4 is 0 Å². The molecule has 5 aromatic carbocycles. The molecule has 0 amide bonds. The summed E-state index contributed by atoms with van der Waals surface area (Å²) < 4.78 is 0. The summed E-state index contributed by atoms with van der Waals surface area (Å²) in [5.41, 5.74) is 16.0. The summed E-state index contributed by atoms with van der Waals surface area (Å²) in [6.07, 6.45) is 2.53. The first-order valence-electron chi connectivity index (χ1n) is 15.7. The van der Waals surface area contributed by atoms with Crippen LogP contribution in [-0.4, -0.2) is 23.0 Å². The normalized spacial score (nSPS) is 15.8. The van der Waals surface area contributed by atoms with Crippen molar-refractivity contribution in [3.8, 4) is 44.5 Å².